The summed E-state index contributed by atoms with van der Waals surface area (Å²) >= 11 is 7.55. The molecule has 1 heterocycles. The molecule has 0 radical (unpaired) electrons. The Hall–Kier alpha value is -2.43. The number of amides is 1. The number of hydrogen-bond acceptors (Lipinski definition) is 3. The molecule has 0 bridgehead atoms. The third kappa shape index (κ3) is 5.02. The predicted molar refractivity (Wildman–Crippen MR) is 105 cm³/mol. The summed E-state index contributed by atoms with van der Waals surface area (Å²) in [5.41, 5.74) is 3.28. The van der Waals surface area contributed by atoms with Gasteiger partial charge in [0.25, 0.3) is 0 Å². The highest BCUT2D eigenvalue weighted by atomic mass is 35.5. The number of hydrogen-bond donors (Lipinski definition) is 1. The zero-order chi connectivity index (χ0) is 17.6. The summed E-state index contributed by atoms with van der Waals surface area (Å²) in [4.78, 5) is 17.4. The highest BCUT2D eigenvalue weighted by Gasteiger charge is 2.06. The highest BCUT2D eigenvalue weighted by molar-refractivity contribution is 7.15. The van der Waals surface area contributed by atoms with Gasteiger partial charge in [-0.2, -0.15) is 0 Å². The van der Waals surface area contributed by atoms with Gasteiger partial charge in [-0.05, 0) is 30.2 Å². The molecule has 1 aromatic heterocycles. The average Bonchev–Trinajstić information content (AvgIpc) is 3.01. The molecule has 0 spiro atoms. The first-order valence-electron chi connectivity index (χ1n) is 7.84. The van der Waals surface area contributed by atoms with Crippen molar-refractivity contribution in [3.8, 4) is 0 Å². The topological polar surface area (TPSA) is 42.0 Å². The van der Waals surface area contributed by atoms with Gasteiger partial charge in [-0.1, -0.05) is 59.6 Å². The number of nitrogens with zero attached hydrogens (tertiary/aromatic N) is 1. The molecule has 1 N–H and O–H groups in total. The standard InChI is InChI=1S/C20H17ClN2OS/c1-14-5-4-6-15(11-14)12-17-13-22-20(25-17)23-19(24)10-9-16-7-2-3-8-18(16)21/h2-11,13H,12H2,1H3,(H,22,23,24)/b10-9-. The molecule has 1 amide bonds. The van der Waals surface area contributed by atoms with E-state index in [0.29, 0.717) is 10.2 Å². The first-order chi connectivity index (χ1) is 12.1. The number of aromatic nitrogens is 1. The van der Waals surface area contributed by atoms with Crippen LogP contribution in [-0.2, 0) is 11.2 Å². The van der Waals surface area contributed by atoms with Gasteiger partial charge in [0.1, 0.15) is 0 Å². The van der Waals surface area contributed by atoms with Crippen molar-refractivity contribution in [3.63, 3.8) is 0 Å². The van der Waals surface area contributed by atoms with Crippen molar-refractivity contribution in [1.29, 1.82) is 0 Å². The minimum Gasteiger partial charge on any atom is -0.298 e. The molecule has 3 rings (SSSR count). The van der Waals surface area contributed by atoms with Crippen LogP contribution in [0, 0.1) is 6.92 Å². The van der Waals surface area contributed by atoms with Crippen LogP contribution in [0.25, 0.3) is 6.08 Å². The van der Waals surface area contributed by atoms with E-state index < -0.39 is 0 Å². The molecule has 2 aromatic carbocycles. The van der Waals surface area contributed by atoms with E-state index in [2.05, 4.69) is 35.4 Å². The van der Waals surface area contributed by atoms with Crippen LogP contribution >= 0.6 is 22.9 Å². The summed E-state index contributed by atoms with van der Waals surface area (Å²) in [5.74, 6) is -0.226. The van der Waals surface area contributed by atoms with Crippen molar-refractivity contribution in [2.75, 3.05) is 5.32 Å². The molecular formula is C20H17ClN2OS. The lowest BCUT2D eigenvalue weighted by atomic mass is 10.1. The second kappa shape index (κ2) is 8.10. The fourth-order valence-electron chi connectivity index (χ4n) is 2.39. The minimum atomic E-state index is -0.226. The molecule has 0 saturated heterocycles. The van der Waals surface area contributed by atoms with Crippen molar-refractivity contribution in [3.05, 3.63) is 87.4 Å². The molecule has 3 nitrogen and oxygen atoms in total. The molecule has 126 valence electrons. The van der Waals surface area contributed by atoms with Gasteiger partial charge < -0.3 is 0 Å². The smallest absolute Gasteiger partial charge is 0.250 e. The molecule has 0 atom stereocenters. The van der Waals surface area contributed by atoms with Gasteiger partial charge in [-0.15, -0.1) is 11.3 Å². The summed E-state index contributed by atoms with van der Waals surface area (Å²) in [5, 5.41) is 3.99. The zero-order valence-corrected chi connectivity index (χ0v) is 15.3. The van der Waals surface area contributed by atoms with E-state index in [0.717, 1.165) is 16.9 Å². The van der Waals surface area contributed by atoms with E-state index in [1.807, 2.05) is 24.3 Å². The SMILES string of the molecule is Cc1cccc(Cc2cnc(NC(=O)/C=C\c3ccccc3Cl)s2)c1. The van der Waals surface area contributed by atoms with Crippen LogP contribution in [0.15, 0.2) is 60.8 Å². The van der Waals surface area contributed by atoms with Crippen molar-refractivity contribution < 1.29 is 4.79 Å². The van der Waals surface area contributed by atoms with Crippen molar-refractivity contribution in [2.24, 2.45) is 0 Å². The van der Waals surface area contributed by atoms with Gasteiger partial charge in [0.05, 0.1) is 0 Å². The number of benzene rings is 2. The van der Waals surface area contributed by atoms with Crippen LogP contribution in [0.2, 0.25) is 5.02 Å². The molecule has 0 saturated carbocycles. The number of rotatable bonds is 5. The van der Waals surface area contributed by atoms with E-state index >= 15 is 0 Å². The van der Waals surface area contributed by atoms with E-state index in [4.69, 9.17) is 11.6 Å². The first-order valence-corrected chi connectivity index (χ1v) is 9.03. The lowest BCUT2D eigenvalue weighted by molar-refractivity contribution is -0.111. The number of carbonyl (C=O) groups excluding carboxylic acids is 1. The van der Waals surface area contributed by atoms with Crippen molar-refractivity contribution in [1.82, 2.24) is 4.98 Å². The number of halogens is 1. The second-order valence-corrected chi connectivity index (χ2v) is 7.16. The average molecular weight is 369 g/mol. The number of nitrogens with one attached hydrogen (secondary N) is 1. The van der Waals surface area contributed by atoms with Crippen molar-refractivity contribution in [2.45, 2.75) is 13.3 Å². The summed E-state index contributed by atoms with van der Waals surface area (Å²) in [6, 6.07) is 15.8. The molecule has 5 heteroatoms. The summed E-state index contributed by atoms with van der Waals surface area (Å²) in [6.07, 6.45) is 5.77. The Morgan fingerprint density at radius 1 is 1.24 bits per heavy atom. The highest BCUT2D eigenvalue weighted by Crippen LogP contribution is 2.22. The quantitative estimate of drug-likeness (QED) is 0.617. The Kier molecular flexibility index (Phi) is 5.64. The summed E-state index contributed by atoms with van der Waals surface area (Å²) in [6.45, 7) is 2.08. The second-order valence-electron chi connectivity index (χ2n) is 5.64. The third-order valence-corrected chi connectivity index (χ3v) is 4.82. The van der Waals surface area contributed by atoms with Gasteiger partial charge >= 0.3 is 0 Å². The molecule has 0 aliphatic heterocycles. The number of aryl methyl sites for hydroxylation is 1. The Morgan fingerprint density at radius 2 is 2.08 bits per heavy atom. The van der Waals surface area contributed by atoms with Crippen LogP contribution in [0.1, 0.15) is 21.6 Å². The maximum Gasteiger partial charge on any atom is 0.250 e. The Morgan fingerprint density at radius 3 is 2.88 bits per heavy atom. The maximum absolute atomic E-state index is 12.0. The summed E-state index contributed by atoms with van der Waals surface area (Å²) < 4.78 is 0. The molecular weight excluding hydrogens is 352 g/mol. The van der Waals surface area contributed by atoms with E-state index in [1.54, 1.807) is 18.3 Å². The fourth-order valence-corrected chi connectivity index (χ4v) is 3.44. The van der Waals surface area contributed by atoms with Gasteiger partial charge in [-0.25, -0.2) is 4.98 Å². The van der Waals surface area contributed by atoms with Crippen LogP contribution in [0.3, 0.4) is 0 Å². The fraction of sp³-hybridized carbons (Fsp3) is 0.100. The Balaban J connectivity index is 1.61. The lowest BCUT2D eigenvalue weighted by Gasteiger charge is -2.00. The summed E-state index contributed by atoms with van der Waals surface area (Å²) in [7, 11) is 0. The van der Waals surface area contributed by atoms with Gasteiger partial charge in [-0.3, -0.25) is 10.1 Å². The predicted octanol–water partition coefficient (Wildman–Crippen LogP) is 5.35. The first kappa shape index (κ1) is 17.4. The zero-order valence-electron chi connectivity index (χ0n) is 13.7. The van der Waals surface area contributed by atoms with Crippen LogP contribution in [0.5, 0.6) is 0 Å². The van der Waals surface area contributed by atoms with Gasteiger partial charge in [0.15, 0.2) is 5.13 Å². The van der Waals surface area contributed by atoms with Crippen LogP contribution in [0.4, 0.5) is 5.13 Å². The number of carbonyl (C=O) groups is 1. The van der Waals surface area contributed by atoms with E-state index in [1.165, 1.54) is 28.5 Å². The Bertz CT molecular complexity index is 917. The van der Waals surface area contributed by atoms with Crippen LogP contribution in [-0.4, -0.2) is 10.9 Å². The molecule has 0 aliphatic carbocycles. The number of anilines is 1. The molecule has 25 heavy (non-hydrogen) atoms. The van der Waals surface area contributed by atoms with E-state index in [-0.39, 0.29) is 5.91 Å². The molecule has 0 aliphatic rings. The number of thiazole rings is 1. The lowest BCUT2D eigenvalue weighted by Crippen LogP contribution is -2.07. The maximum atomic E-state index is 12.0. The molecule has 3 aromatic rings. The van der Waals surface area contributed by atoms with Crippen molar-refractivity contribution >= 4 is 40.1 Å². The largest absolute Gasteiger partial charge is 0.298 e. The molecule has 0 fully saturated rings. The molecule has 0 unspecified atom stereocenters. The normalized spacial score (nSPS) is 11.0. The van der Waals surface area contributed by atoms with E-state index in [9.17, 15) is 4.79 Å². The van der Waals surface area contributed by atoms with Gasteiger partial charge in [0.2, 0.25) is 5.91 Å². The minimum absolute atomic E-state index is 0.226. The third-order valence-electron chi connectivity index (χ3n) is 3.56. The van der Waals surface area contributed by atoms with Crippen LogP contribution < -0.4 is 5.32 Å². The Labute approximate surface area is 156 Å². The monoisotopic (exact) mass is 368 g/mol. The van der Waals surface area contributed by atoms with Gasteiger partial charge in [0, 0.05) is 28.6 Å².